The van der Waals surface area contributed by atoms with Crippen LogP contribution in [0, 0.1) is 5.82 Å². The molecule has 0 unspecified atom stereocenters. The summed E-state index contributed by atoms with van der Waals surface area (Å²) in [6.45, 7) is 0.707. The van der Waals surface area contributed by atoms with E-state index in [4.69, 9.17) is 4.74 Å². The molecule has 0 bridgehead atoms. The highest BCUT2D eigenvalue weighted by Gasteiger charge is 2.06. The lowest BCUT2D eigenvalue weighted by Gasteiger charge is -2.10. The maximum Gasteiger partial charge on any atom is 0.123 e. The van der Waals surface area contributed by atoms with Crippen molar-refractivity contribution in [2.45, 2.75) is 6.54 Å². The molecule has 0 saturated heterocycles. The van der Waals surface area contributed by atoms with Crippen molar-refractivity contribution >= 4 is 10.9 Å². The molecule has 2 nitrogen and oxygen atoms in total. The average molecular weight is 255 g/mol. The molecule has 2 aromatic carbocycles. The number of hydrogen-bond acceptors (Lipinski definition) is 1. The zero-order valence-corrected chi connectivity index (χ0v) is 10.6. The SMILES string of the molecule is COc1ccccc1Cn1ccc2cc(F)ccc21. The highest BCUT2D eigenvalue weighted by Crippen LogP contribution is 2.22. The summed E-state index contributed by atoms with van der Waals surface area (Å²) in [4.78, 5) is 0. The lowest BCUT2D eigenvalue weighted by Crippen LogP contribution is -2.00. The van der Waals surface area contributed by atoms with E-state index in [0.717, 1.165) is 22.2 Å². The van der Waals surface area contributed by atoms with E-state index >= 15 is 0 Å². The van der Waals surface area contributed by atoms with Crippen molar-refractivity contribution < 1.29 is 9.13 Å². The van der Waals surface area contributed by atoms with Gasteiger partial charge in [-0.25, -0.2) is 4.39 Å². The highest BCUT2D eigenvalue weighted by molar-refractivity contribution is 5.80. The van der Waals surface area contributed by atoms with E-state index in [1.807, 2.05) is 36.5 Å². The molecule has 0 saturated carbocycles. The fraction of sp³-hybridized carbons (Fsp3) is 0.125. The predicted molar refractivity (Wildman–Crippen MR) is 74.0 cm³/mol. The summed E-state index contributed by atoms with van der Waals surface area (Å²) in [5.74, 6) is 0.661. The molecule has 0 aliphatic heterocycles. The van der Waals surface area contributed by atoms with Gasteiger partial charge in [-0.15, -0.1) is 0 Å². The summed E-state index contributed by atoms with van der Waals surface area (Å²) < 4.78 is 20.6. The van der Waals surface area contributed by atoms with Crippen molar-refractivity contribution in [1.29, 1.82) is 0 Å². The van der Waals surface area contributed by atoms with Gasteiger partial charge in [0.25, 0.3) is 0 Å². The smallest absolute Gasteiger partial charge is 0.123 e. The molecule has 3 aromatic rings. The molecule has 1 heterocycles. The van der Waals surface area contributed by atoms with E-state index in [1.54, 1.807) is 19.2 Å². The van der Waals surface area contributed by atoms with Crippen molar-refractivity contribution in [2.24, 2.45) is 0 Å². The van der Waals surface area contributed by atoms with Crippen molar-refractivity contribution in [3.8, 4) is 5.75 Å². The van der Waals surface area contributed by atoms with Crippen LogP contribution in [0.25, 0.3) is 10.9 Å². The molecule has 1 aromatic heterocycles. The number of fused-ring (bicyclic) bond motifs is 1. The van der Waals surface area contributed by atoms with Crippen LogP contribution in [-0.2, 0) is 6.54 Å². The van der Waals surface area contributed by atoms with E-state index in [2.05, 4.69) is 4.57 Å². The van der Waals surface area contributed by atoms with Gasteiger partial charge in [0.1, 0.15) is 11.6 Å². The summed E-state index contributed by atoms with van der Waals surface area (Å²) in [7, 11) is 1.67. The van der Waals surface area contributed by atoms with Gasteiger partial charge >= 0.3 is 0 Å². The molecule has 0 aliphatic rings. The van der Waals surface area contributed by atoms with Gasteiger partial charge < -0.3 is 9.30 Å². The fourth-order valence-corrected chi connectivity index (χ4v) is 2.33. The van der Waals surface area contributed by atoms with Crippen LogP contribution in [0.15, 0.2) is 54.7 Å². The van der Waals surface area contributed by atoms with Crippen molar-refractivity contribution in [1.82, 2.24) is 4.57 Å². The monoisotopic (exact) mass is 255 g/mol. The second-order valence-corrected chi connectivity index (χ2v) is 4.46. The third-order valence-corrected chi connectivity index (χ3v) is 3.27. The van der Waals surface area contributed by atoms with E-state index in [-0.39, 0.29) is 5.82 Å². The lowest BCUT2D eigenvalue weighted by atomic mass is 10.2. The van der Waals surface area contributed by atoms with Gasteiger partial charge in [-0.3, -0.25) is 0 Å². The molecule has 0 radical (unpaired) electrons. The number of benzene rings is 2. The largest absolute Gasteiger partial charge is 0.496 e. The fourth-order valence-electron chi connectivity index (χ4n) is 2.33. The van der Waals surface area contributed by atoms with Gasteiger partial charge in [-0.05, 0) is 30.3 Å². The molecule has 0 N–H and O–H groups in total. The standard InChI is InChI=1S/C16H14FNO/c1-19-16-5-3-2-4-13(16)11-18-9-8-12-10-14(17)6-7-15(12)18/h2-10H,11H2,1H3. The molecule has 3 rings (SSSR count). The number of hydrogen-bond donors (Lipinski definition) is 0. The summed E-state index contributed by atoms with van der Waals surface area (Å²) in [5, 5.41) is 0.912. The lowest BCUT2D eigenvalue weighted by molar-refractivity contribution is 0.408. The minimum absolute atomic E-state index is 0.206. The Morgan fingerprint density at radius 3 is 2.79 bits per heavy atom. The number of ether oxygens (including phenoxy) is 1. The first-order valence-electron chi connectivity index (χ1n) is 6.14. The van der Waals surface area contributed by atoms with Gasteiger partial charge in [0.2, 0.25) is 0 Å². The Bertz CT molecular complexity index is 718. The third kappa shape index (κ3) is 2.19. The van der Waals surface area contributed by atoms with Crippen LogP contribution in [-0.4, -0.2) is 11.7 Å². The van der Waals surface area contributed by atoms with E-state index in [9.17, 15) is 4.39 Å². The van der Waals surface area contributed by atoms with Crippen molar-refractivity contribution in [3.05, 3.63) is 66.1 Å². The number of para-hydroxylation sites is 1. The van der Waals surface area contributed by atoms with Crippen LogP contribution in [0.4, 0.5) is 4.39 Å². The zero-order valence-electron chi connectivity index (χ0n) is 10.6. The molecule has 0 spiro atoms. The highest BCUT2D eigenvalue weighted by atomic mass is 19.1. The molecular formula is C16H14FNO. The summed E-state index contributed by atoms with van der Waals surface area (Å²) >= 11 is 0. The van der Waals surface area contributed by atoms with E-state index in [1.165, 1.54) is 6.07 Å². The molecular weight excluding hydrogens is 241 g/mol. The summed E-state index contributed by atoms with van der Waals surface area (Å²) in [5.41, 5.74) is 2.12. The maximum absolute atomic E-state index is 13.2. The molecule has 0 amide bonds. The van der Waals surface area contributed by atoms with Crippen LogP contribution in [0.5, 0.6) is 5.75 Å². The molecule has 0 atom stereocenters. The van der Waals surface area contributed by atoms with E-state index < -0.39 is 0 Å². The predicted octanol–water partition coefficient (Wildman–Crippen LogP) is 3.84. The van der Waals surface area contributed by atoms with Crippen LogP contribution in [0.2, 0.25) is 0 Å². The number of halogens is 1. The van der Waals surface area contributed by atoms with Gasteiger partial charge in [-0.2, -0.15) is 0 Å². The van der Waals surface area contributed by atoms with Gasteiger partial charge in [-0.1, -0.05) is 18.2 Å². The van der Waals surface area contributed by atoms with Gasteiger partial charge in [0.05, 0.1) is 13.7 Å². The van der Waals surface area contributed by atoms with Crippen LogP contribution in [0.1, 0.15) is 5.56 Å². The molecule has 0 fully saturated rings. The molecule has 19 heavy (non-hydrogen) atoms. The number of nitrogens with zero attached hydrogens (tertiary/aromatic N) is 1. The Kier molecular flexibility index (Phi) is 2.95. The first-order valence-corrected chi connectivity index (χ1v) is 6.14. The maximum atomic E-state index is 13.2. The summed E-state index contributed by atoms with van der Waals surface area (Å²) in [6, 6.07) is 14.7. The minimum atomic E-state index is -0.206. The quantitative estimate of drug-likeness (QED) is 0.693. The number of methoxy groups -OCH3 is 1. The third-order valence-electron chi connectivity index (χ3n) is 3.27. The Balaban J connectivity index is 2.01. The van der Waals surface area contributed by atoms with Gasteiger partial charge in [0, 0.05) is 22.7 Å². The second-order valence-electron chi connectivity index (χ2n) is 4.46. The van der Waals surface area contributed by atoms with Crippen molar-refractivity contribution in [3.63, 3.8) is 0 Å². The number of rotatable bonds is 3. The topological polar surface area (TPSA) is 14.2 Å². The molecule has 0 aliphatic carbocycles. The molecule has 3 heteroatoms. The van der Waals surface area contributed by atoms with Crippen LogP contribution in [0.3, 0.4) is 0 Å². The zero-order chi connectivity index (χ0) is 13.2. The van der Waals surface area contributed by atoms with Crippen molar-refractivity contribution in [2.75, 3.05) is 7.11 Å². The Hall–Kier alpha value is -2.29. The Labute approximate surface area is 111 Å². The number of aromatic nitrogens is 1. The minimum Gasteiger partial charge on any atom is -0.496 e. The Morgan fingerprint density at radius 2 is 1.95 bits per heavy atom. The average Bonchev–Trinajstić information content (AvgIpc) is 2.82. The normalized spacial score (nSPS) is 10.8. The Morgan fingerprint density at radius 1 is 1.11 bits per heavy atom. The molecule has 96 valence electrons. The van der Waals surface area contributed by atoms with E-state index in [0.29, 0.717) is 6.54 Å². The first-order chi connectivity index (χ1) is 9.28. The summed E-state index contributed by atoms with van der Waals surface area (Å²) in [6.07, 6.45) is 1.97. The van der Waals surface area contributed by atoms with Crippen LogP contribution < -0.4 is 4.74 Å². The van der Waals surface area contributed by atoms with Crippen LogP contribution >= 0.6 is 0 Å². The van der Waals surface area contributed by atoms with Gasteiger partial charge in [0.15, 0.2) is 0 Å². The second kappa shape index (κ2) is 4.76. The first kappa shape index (κ1) is 11.8.